The summed E-state index contributed by atoms with van der Waals surface area (Å²) in [5, 5.41) is 1.99. The van der Waals surface area contributed by atoms with Gasteiger partial charge in [-0.2, -0.15) is 0 Å². The van der Waals surface area contributed by atoms with Crippen LogP contribution in [-0.4, -0.2) is 15.2 Å². The smallest absolute Gasteiger partial charge is 0.193 e. The van der Waals surface area contributed by atoms with Gasteiger partial charge in [0.05, 0.1) is 11.3 Å². The van der Waals surface area contributed by atoms with Crippen molar-refractivity contribution in [3.63, 3.8) is 0 Å². The van der Waals surface area contributed by atoms with Gasteiger partial charge in [-0.25, -0.2) is 4.98 Å². The van der Waals surface area contributed by atoms with Crippen LogP contribution in [0.3, 0.4) is 0 Å². The van der Waals surface area contributed by atoms with Crippen LogP contribution in [0.15, 0.2) is 42.0 Å². The molecule has 0 saturated carbocycles. The lowest BCUT2D eigenvalue weighted by Crippen LogP contribution is -2.03. The van der Waals surface area contributed by atoms with Crippen LogP contribution in [0.2, 0.25) is 0 Å². The molecule has 102 valence electrons. The molecule has 0 aliphatic carbocycles. The SMILES string of the molecule is CCC(=O)c1ccccc1OCc1cn2ccsc2n1. The third-order valence-corrected chi connectivity index (χ3v) is 3.80. The van der Waals surface area contributed by atoms with Gasteiger partial charge in [0.25, 0.3) is 0 Å². The van der Waals surface area contributed by atoms with Crippen LogP contribution >= 0.6 is 11.3 Å². The second-order valence-corrected chi connectivity index (χ2v) is 5.26. The number of Topliss-reactive ketones (excluding diaryl/α,β-unsaturated/α-hetero) is 1. The molecule has 2 heterocycles. The zero-order chi connectivity index (χ0) is 13.9. The maximum Gasteiger partial charge on any atom is 0.193 e. The van der Waals surface area contributed by atoms with Crippen LogP contribution in [0.4, 0.5) is 0 Å². The lowest BCUT2D eigenvalue weighted by molar-refractivity contribution is 0.0983. The average Bonchev–Trinajstić information content (AvgIpc) is 3.05. The van der Waals surface area contributed by atoms with Crippen LogP contribution in [-0.2, 0) is 6.61 Å². The van der Waals surface area contributed by atoms with E-state index < -0.39 is 0 Å². The quantitative estimate of drug-likeness (QED) is 0.673. The number of ketones is 1. The number of hydrogen-bond acceptors (Lipinski definition) is 4. The molecular weight excluding hydrogens is 272 g/mol. The molecule has 0 atom stereocenters. The molecule has 20 heavy (non-hydrogen) atoms. The monoisotopic (exact) mass is 286 g/mol. The molecular formula is C15H14N2O2S. The summed E-state index contributed by atoms with van der Waals surface area (Å²) in [5.41, 5.74) is 1.49. The molecule has 3 aromatic rings. The minimum Gasteiger partial charge on any atom is -0.486 e. The predicted molar refractivity (Wildman–Crippen MR) is 78.5 cm³/mol. The molecule has 4 nitrogen and oxygen atoms in total. The number of carbonyl (C=O) groups is 1. The lowest BCUT2D eigenvalue weighted by Gasteiger charge is -2.08. The summed E-state index contributed by atoms with van der Waals surface area (Å²) in [6, 6.07) is 7.34. The van der Waals surface area contributed by atoms with Crippen molar-refractivity contribution in [1.82, 2.24) is 9.38 Å². The number of ether oxygens (including phenoxy) is 1. The van der Waals surface area contributed by atoms with Crippen molar-refractivity contribution < 1.29 is 9.53 Å². The van der Waals surface area contributed by atoms with Crippen molar-refractivity contribution in [3.05, 3.63) is 53.3 Å². The van der Waals surface area contributed by atoms with Crippen molar-refractivity contribution in [2.75, 3.05) is 0 Å². The fraction of sp³-hybridized carbons (Fsp3) is 0.200. The van der Waals surface area contributed by atoms with Crippen molar-refractivity contribution >= 4 is 22.1 Å². The highest BCUT2D eigenvalue weighted by atomic mass is 32.1. The van der Waals surface area contributed by atoms with E-state index in [-0.39, 0.29) is 5.78 Å². The molecule has 2 aromatic heterocycles. The fourth-order valence-corrected chi connectivity index (χ4v) is 2.73. The minimum absolute atomic E-state index is 0.0893. The largest absolute Gasteiger partial charge is 0.486 e. The van der Waals surface area contributed by atoms with Gasteiger partial charge >= 0.3 is 0 Å². The highest BCUT2D eigenvalue weighted by Crippen LogP contribution is 2.21. The molecule has 0 aliphatic rings. The number of imidazole rings is 1. The molecule has 0 saturated heterocycles. The van der Waals surface area contributed by atoms with Crippen LogP contribution in [0.1, 0.15) is 29.4 Å². The number of fused-ring (bicyclic) bond motifs is 1. The van der Waals surface area contributed by atoms with Crippen LogP contribution in [0.25, 0.3) is 4.96 Å². The Kier molecular flexibility index (Phi) is 3.52. The summed E-state index contributed by atoms with van der Waals surface area (Å²) in [6.07, 6.45) is 4.38. The Bertz CT molecular complexity index is 717. The minimum atomic E-state index is 0.0893. The predicted octanol–water partition coefficient (Wildman–Crippen LogP) is 3.57. The second-order valence-electron chi connectivity index (χ2n) is 4.39. The molecule has 0 N–H and O–H groups in total. The number of rotatable bonds is 5. The highest BCUT2D eigenvalue weighted by Gasteiger charge is 2.11. The van der Waals surface area contributed by atoms with Crippen molar-refractivity contribution in [1.29, 1.82) is 0 Å². The van der Waals surface area contributed by atoms with Crippen LogP contribution < -0.4 is 4.74 Å². The summed E-state index contributed by atoms with van der Waals surface area (Å²) < 4.78 is 7.72. The van der Waals surface area contributed by atoms with Crippen molar-refractivity contribution in [2.45, 2.75) is 20.0 Å². The summed E-state index contributed by atoms with van der Waals surface area (Å²) in [5.74, 6) is 0.710. The van der Waals surface area contributed by atoms with Crippen LogP contribution in [0, 0.1) is 0 Å². The maximum absolute atomic E-state index is 11.8. The third-order valence-electron chi connectivity index (χ3n) is 3.03. The molecule has 0 amide bonds. The van der Waals surface area contributed by atoms with Gasteiger partial charge in [-0.3, -0.25) is 9.20 Å². The number of hydrogen-bond donors (Lipinski definition) is 0. The zero-order valence-electron chi connectivity index (χ0n) is 11.1. The second kappa shape index (κ2) is 5.46. The van der Waals surface area contributed by atoms with E-state index in [1.54, 1.807) is 17.4 Å². The first-order chi connectivity index (χ1) is 9.78. The zero-order valence-corrected chi connectivity index (χ0v) is 11.9. The normalized spacial score (nSPS) is 10.8. The number of thiazole rings is 1. The first-order valence-corrected chi connectivity index (χ1v) is 7.32. The Hall–Kier alpha value is -2.14. The Morgan fingerprint density at radius 1 is 1.40 bits per heavy atom. The fourth-order valence-electron chi connectivity index (χ4n) is 2.01. The molecule has 0 fully saturated rings. The molecule has 5 heteroatoms. The van der Waals surface area contributed by atoms with E-state index in [9.17, 15) is 4.79 Å². The lowest BCUT2D eigenvalue weighted by atomic mass is 10.1. The maximum atomic E-state index is 11.8. The van der Waals surface area contributed by atoms with E-state index in [0.29, 0.717) is 24.3 Å². The molecule has 0 unspecified atom stereocenters. The van der Waals surface area contributed by atoms with Gasteiger partial charge in [-0.05, 0) is 12.1 Å². The van der Waals surface area contributed by atoms with E-state index in [2.05, 4.69) is 4.98 Å². The van der Waals surface area contributed by atoms with Gasteiger partial charge in [-0.15, -0.1) is 11.3 Å². The highest BCUT2D eigenvalue weighted by molar-refractivity contribution is 7.15. The molecule has 0 bridgehead atoms. The van der Waals surface area contributed by atoms with Crippen LogP contribution in [0.5, 0.6) is 5.75 Å². The van der Waals surface area contributed by atoms with E-state index in [1.165, 1.54) is 0 Å². The summed E-state index contributed by atoms with van der Waals surface area (Å²) in [7, 11) is 0. The number of carbonyl (C=O) groups excluding carboxylic acids is 1. The molecule has 0 radical (unpaired) electrons. The Morgan fingerprint density at radius 3 is 3.05 bits per heavy atom. The Labute approximate surface area is 120 Å². The van der Waals surface area contributed by atoms with Gasteiger partial charge in [0.1, 0.15) is 12.4 Å². The Morgan fingerprint density at radius 2 is 2.25 bits per heavy atom. The molecule has 0 aliphatic heterocycles. The van der Waals surface area contributed by atoms with Crippen molar-refractivity contribution in [3.8, 4) is 5.75 Å². The summed E-state index contributed by atoms with van der Waals surface area (Å²) >= 11 is 1.58. The van der Waals surface area contributed by atoms with Gasteiger partial charge in [0, 0.05) is 24.2 Å². The average molecular weight is 286 g/mol. The van der Waals surface area contributed by atoms with E-state index in [4.69, 9.17) is 4.74 Å². The third kappa shape index (κ3) is 2.44. The van der Waals surface area contributed by atoms with Gasteiger partial charge in [-0.1, -0.05) is 19.1 Å². The number of nitrogens with zero attached hydrogens (tertiary/aromatic N) is 2. The number of benzene rings is 1. The molecule has 3 rings (SSSR count). The number of aromatic nitrogens is 2. The van der Waals surface area contributed by atoms with Gasteiger partial charge in [0.15, 0.2) is 10.7 Å². The molecule has 1 aromatic carbocycles. The number of para-hydroxylation sites is 1. The van der Waals surface area contributed by atoms with E-state index >= 15 is 0 Å². The first-order valence-electron chi connectivity index (χ1n) is 6.44. The molecule has 0 spiro atoms. The standard InChI is InChI=1S/C15H14N2O2S/c1-2-13(18)12-5-3-4-6-14(12)19-10-11-9-17-7-8-20-15(17)16-11/h3-9H,2,10H2,1H3. The van der Waals surface area contributed by atoms with Crippen molar-refractivity contribution in [2.24, 2.45) is 0 Å². The summed E-state index contributed by atoms with van der Waals surface area (Å²) in [4.78, 5) is 17.2. The topological polar surface area (TPSA) is 43.6 Å². The summed E-state index contributed by atoms with van der Waals surface area (Å²) in [6.45, 7) is 2.21. The Balaban J connectivity index is 1.78. The van der Waals surface area contributed by atoms with E-state index in [0.717, 1.165) is 10.7 Å². The first kappa shape index (κ1) is 12.9. The van der Waals surface area contributed by atoms with E-state index in [1.807, 2.05) is 47.3 Å². The van der Waals surface area contributed by atoms with Gasteiger partial charge in [0.2, 0.25) is 0 Å². The van der Waals surface area contributed by atoms with Gasteiger partial charge < -0.3 is 4.74 Å².